The fraction of sp³-hybridized carbons (Fsp3) is 0.200. The normalized spacial score (nSPS) is 9.89. The third-order valence-electron chi connectivity index (χ3n) is 2.56. The van der Waals surface area contributed by atoms with Gasteiger partial charge in [0.25, 0.3) is 0 Å². The number of hydrogen-bond donors (Lipinski definition) is 0. The number of methoxy groups -OCH3 is 2. The molecular formula is C15H16O3. The Balaban J connectivity index is 2.09. The fourth-order valence-corrected chi connectivity index (χ4v) is 1.63. The third-order valence-corrected chi connectivity index (χ3v) is 2.56. The molecule has 0 bridgehead atoms. The Labute approximate surface area is 107 Å². The van der Waals surface area contributed by atoms with Crippen molar-refractivity contribution in [3.63, 3.8) is 0 Å². The molecule has 0 fully saturated rings. The van der Waals surface area contributed by atoms with E-state index in [4.69, 9.17) is 14.2 Å². The third kappa shape index (κ3) is 3.17. The van der Waals surface area contributed by atoms with Gasteiger partial charge in [-0.1, -0.05) is 18.2 Å². The monoisotopic (exact) mass is 244 g/mol. The maximum absolute atomic E-state index is 5.68. The van der Waals surface area contributed by atoms with E-state index < -0.39 is 0 Å². The number of rotatable bonds is 5. The van der Waals surface area contributed by atoms with E-state index in [0.29, 0.717) is 6.61 Å². The second kappa shape index (κ2) is 5.96. The van der Waals surface area contributed by atoms with E-state index in [1.807, 2.05) is 48.5 Å². The van der Waals surface area contributed by atoms with Gasteiger partial charge in [0.1, 0.15) is 23.9 Å². The van der Waals surface area contributed by atoms with Crippen molar-refractivity contribution in [1.82, 2.24) is 0 Å². The molecule has 3 heteroatoms. The first kappa shape index (κ1) is 12.3. The van der Waals surface area contributed by atoms with E-state index in [-0.39, 0.29) is 0 Å². The zero-order valence-corrected chi connectivity index (χ0v) is 10.6. The Hall–Kier alpha value is -2.16. The van der Waals surface area contributed by atoms with Crippen LogP contribution in [0.15, 0.2) is 48.5 Å². The summed E-state index contributed by atoms with van der Waals surface area (Å²) in [5.74, 6) is 2.38. The summed E-state index contributed by atoms with van der Waals surface area (Å²) in [4.78, 5) is 0. The van der Waals surface area contributed by atoms with Crippen LogP contribution < -0.4 is 14.2 Å². The lowest BCUT2D eigenvalue weighted by atomic mass is 10.2. The summed E-state index contributed by atoms with van der Waals surface area (Å²) in [6, 6.07) is 15.4. The van der Waals surface area contributed by atoms with E-state index in [0.717, 1.165) is 22.8 Å². The molecule has 0 amide bonds. The topological polar surface area (TPSA) is 27.7 Å². The minimum atomic E-state index is 0.484. The molecular weight excluding hydrogens is 228 g/mol. The number of ether oxygens (including phenoxy) is 3. The Kier molecular flexibility index (Phi) is 4.07. The van der Waals surface area contributed by atoms with Crippen LogP contribution in [-0.2, 0) is 6.61 Å². The van der Waals surface area contributed by atoms with Crippen LogP contribution in [0.2, 0.25) is 0 Å². The Morgan fingerprint density at radius 2 is 1.39 bits per heavy atom. The fourth-order valence-electron chi connectivity index (χ4n) is 1.63. The first-order valence-corrected chi connectivity index (χ1v) is 5.71. The number of hydrogen-bond acceptors (Lipinski definition) is 3. The second-order valence-corrected chi connectivity index (χ2v) is 3.82. The Bertz CT molecular complexity index is 472. The maximum Gasteiger partial charge on any atom is 0.122 e. The van der Waals surface area contributed by atoms with Gasteiger partial charge in [-0.15, -0.1) is 0 Å². The molecule has 0 aliphatic rings. The van der Waals surface area contributed by atoms with Crippen molar-refractivity contribution in [2.45, 2.75) is 6.61 Å². The molecule has 0 aliphatic heterocycles. The van der Waals surface area contributed by atoms with Crippen molar-refractivity contribution in [1.29, 1.82) is 0 Å². The van der Waals surface area contributed by atoms with E-state index >= 15 is 0 Å². The highest BCUT2D eigenvalue weighted by molar-refractivity contribution is 5.38. The summed E-state index contributed by atoms with van der Waals surface area (Å²) < 4.78 is 16.1. The summed E-state index contributed by atoms with van der Waals surface area (Å²) in [5, 5.41) is 0. The van der Waals surface area contributed by atoms with Gasteiger partial charge < -0.3 is 14.2 Å². The van der Waals surface area contributed by atoms with Gasteiger partial charge in [-0.05, 0) is 29.8 Å². The molecule has 94 valence electrons. The van der Waals surface area contributed by atoms with Crippen LogP contribution in [0, 0.1) is 0 Å². The van der Waals surface area contributed by atoms with Crippen LogP contribution >= 0.6 is 0 Å². The molecule has 2 aromatic carbocycles. The zero-order chi connectivity index (χ0) is 12.8. The number of para-hydroxylation sites is 1. The smallest absolute Gasteiger partial charge is 0.122 e. The molecule has 0 radical (unpaired) electrons. The van der Waals surface area contributed by atoms with Gasteiger partial charge in [0.15, 0.2) is 0 Å². The maximum atomic E-state index is 5.68. The lowest BCUT2D eigenvalue weighted by Crippen LogP contribution is -1.97. The summed E-state index contributed by atoms with van der Waals surface area (Å²) in [6.45, 7) is 0.484. The van der Waals surface area contributed by atoms with Crippen molar-refractivity contribution in [2.75, 3.05) is 14.2 Å². The molecule has 0 saturated heterocycles. The van der Waals surface area contributed by atoms with E-state index in [1.54, 1.807) is 14.2 Å². The van der Waals surface area contributed by atoms with Crippen LogP contribution in [0.4, 0.5) is 0 Å². The summed E-state index contributed by atoms with van der Waals surface area (Å²) >= 11 is 0. The van der Waals surface area contributed by atoms with Crippen LogP contribution in [0.3, 0.4) is 0 Å². The van der Waals surface area contributed by atoms with E-state index in [1.165, 1.54) is 0 Å². The summed E-state index contributed by atoms with van der Waals surface area (Å²) in [5.41, 5.74) is 1.01. The van der Waals surface area contributed by atoms with Crippen LogP contribution in [0.5, 0.6) is 17.2 Å². The molecule has 3 nitrogen and oxygen atoms in total. The second-order valence-electron chi connectivity index (χ2n) is 3.82. The molecule has 0 aliphatic carbocycles. The predicted molar refractivity (Wildman–Crippen MR) is 70.3 cm³/mol. The van der Waals surface area contributed by atoms with Gasteiger partial charge >= 0.3 is 0 Å². The summed E-state index contributed by atoms with van der Waals surface area (Å²) in [7, 11) is 3.27. The SMILES string of the molecule is COc1cc(COc2ccccc2)cc(OC)c1. The molecule has 2 rings (SSSR count). The van der Waals surface area contributed by atoms with Gasteiger partial charge in [0.05, 0.1) is 14.2 Å². The molecule has 18 heavy (non-hydrogen) atoms. The van der Waals surface area contributed by atoms with Crippen molar-refractivity contribution in [3.8, 4) is 17.2 Å². The van der Waals surface area contributed by atoms with Crippen molar-refractivity contribution in [3.05, 3.63) is 54.1 Å². The Morgan fingerprint density at radius 3 is 1.94 bits per heavy atom. The van der Waals surface area contributed by atoms with Crippen LogP contribution in [-0.4, -0.2) is 14.2 Å². The molecule has 2 aromatic rings. The Morgan fingerprint density at radius 1 is 0.778 bits per heavy atom. The molecule has 0 N–H and O–H groups in total. The zero-order valence-electron chi connectivity index (χ0n) is 10.6. The minimum Gasteiger partial charge on any atom is -0.497 e. The van der Waals surface area contributed by atoms with Gasteiger partial charge in [-0.25, -0.2) is 0 Å². The predicted octanol–water partition coefficient (Wildman–Crippen LogP) is 3.28. The highest BCUT2D eigenvalue weighted by atomic mass is 16.5. The largest absolute Gasteiger partial charge is 0.497 e. The summed E-state index contributed by atoms with van der Waals surface area (Å²) in [6.07, 6.45) is 0. The van der Waals surface area contributed by atoms with Gasteiger partial charge in [-0.3, -0.25) is 0 Å². The minimum absolute atomic E-state index is 0.484. The molecule has 0 aromatic heterocycles. The lowest BCUT2D eigenvalue weighted by molar-refractivity contribution is 0.304. The first-order valence-electron chi connectivity index (χ1n) is 5.71. The van der Waals surface area contributed by atoms with Crippen molar-refractivity contribution >= 4 is 0 Å². The lowest BCUT2D eigenvalue weighted by Gasteiger charge is -2.09. The number of benzene rings is 2. The van der Waals surface area contributed by atoms with E-state index in [9.17, 15) is 0 Å². The highest BCUT2D eigenvalue weighted by Gasteiger charge is 2.02. The van der Waals surface area contributed by atoms with Crippen molar-refractivity contribution in [2.24, 2.45) is 0 Å². The first-order chi connectivity index (χ1) is 8.81. The van der Waals surface area contributed by atoms with Crippen molar-refractivity contribution < 1.29 is 14.2 Å². The average Bonchev–Trinajstić information content (AvgIpc) is 2.45. The average molecular weight is 244 g/mol. The van der Waals surface area contributed by atoms with Crippen LogP contribution in [0.1, 0.15) is 5.56 Å². The van der Waals surface area contributed by atoms with Gasteiger partial charge in [0.2, 0.25) is 0 Å². The standard InChI is InChI=1S/C15H16O3/c1-16-14-8-12(9-15(10-14)17-2)11-18-13-6-4-3-5-7-13/h3-10H,11H2,1-2H3. The molecule has 0 spiro atoms. The molecule has 0 unspecified atom stereocenters. The quantitative estimate of drug-likeness (QED) is 0.807. The molecule has 0 heterocycles. The highest BCUT2D eigenvalue weighted by Crippen LogP contribution is 2.23. The van der Waals surface area contributed by atoms with E-state index in [2.05, 4.69) is 0 Å². The molecule has 0 atom stereocenters. The van der Waals surface area contributed by atoms with Gasteiger partial charge in [0, 0.05) is 6.07 Å². The van der Waals surface area contributed by atoms with Crippen LogP contribution in [0.25, 0.3) is 0 Å². The molecule has 0 saturated carbocycles. The van der Waals surface area contributed by atoms with Gasteiger partial charge in [-0.2, -0.15) is 0 Å².